The van der Waals surface area contributed by atoms with Crippen LogP contribution in [0.4, 0.5) is 25.6 Å². The summed E-state index contributed by atoms with van der Waals surface area (Å²) in [6, 6.07) is 7.55. The number of amides is 1. The minimum atomic E-state index is -0.529. The van der Waals surface area contributed by atoms with Gasteiger partial charge in [-0.1, -0.05) is 11.3 Å². The number of halogens is 1. The number of carbonyl (C=O) groups excluding carboxylic acids is 1. The molecule has 3 N–H and O–H groups in total. The second-order valence-electron chi connectivity index (χ2n) is 11.6. The summed E-state index contributed by atoms with van der Waals surface area (Å²) in [5.41, 5.74) is 8.84. The number of rotatable bonds is 3. The maximum absolute atomic E-state index is 15.5. The van der Waals surface area contributed by atoms with Gasteiger partial charge in [0.1, 0.15) is 33.6 Å². The lowest BCUT2D eigenvalue weighted by Gasteiger charge is -2.31. The number of ether oxygens (including phenoxy) is 2. The van der Waals surface area contributed by atoms with E-state index in [1.807, 2.05) is 45.9 Å². The summed E-state index contributed by atoms with van der Waals surface area (Å²) in [6.07, 6.45) is 1.18. The zero-order chi connectivity index (χ0) is 26.8. The third-order valence-corrected chi connectivity index (χ3v) is 8.68. The van der Waals surface area contributed by atoms with Crippen molar-refractivity contribution in [3.63, 3.8) is 0 Å². The highest BCUT2D eigenvalue weighted by Crippen LogP contribution is 2.41. The number of pyridine rings is 1. The van der Waals surface area contributed by atoms with Crippen molar-refractivity contribution in [3.05, 3.63) is 41.3 Å². The van der Waals surface area contributed by atoms with Crippen LogP contribution in [-0.2, 0) is 11.2 Å². The number of nitrogens with zero attached hydrogens (tertiary/aromatic N) is 3. The maximum atomic E-state index is 15.5. The van der Waals surface area contributed by atoms with E-state index in [4.69, 9.17) is 15.2 Å². The van der Waals surface area contributed by atoms with Gasteiger partial charge in [-0.25, -0.2) is 14.2 Å². The van der Waals surface area contributed by atoms with E-state index < -0.39 is 5.60 Å². The number of nitrogens with two attached hydrogens (primary N) is 1. The molecule has 0 saturated carbocycles. The topological polar surface area (TPSA) is 93.0 Å². The van der Waals surface area contributed by atoms with Crippen LogP contribution in [0.5, 0.6) is 5.75 Å². The van der Waals surface area contributed by atoms with E-state index in [1.165, 1.54) is 11.3 Å². The Kier molecular flexibility index (Phi) is 6.05. The van der Waals surface area contributed by atoms with E-state index in [9.17, 15) is 4.79 Å². The van der Waals surface area contributed by atoms with Crippen LogP contribution >= 0.6 is 11.3 Å². The van der Waals surface area contributed by atoms with Gasteiger partial charge < -0.3 is 30.3 Å². The molecule has 3 aliphatic rings. The number of benzene rings is 1. The normalized spacial score (nSPS) is 22.8. The first kappa shape index (κ1) is 25.0. The van der Waals surface area contributed by atoms with Gasteiger partial charge in [0.05, 0.1) is 17.8 Å². The van der Waals surface area contributed by atoms with Crippen LogP contribution in [0.25, 0.3) is 10.2 Å². The molecule has 1 aromatic carbocycles. The van der Waals surface area contributed by atoms with Crippen molar-refractivity contribution in [1.29, 1.82) is 0 Å². The molecule has 38 heavy (non-hydrogen) atoms. The number of carbonyl (C=O) groups is 1. The third-order valence-electron chi connectivity index (χ3n) is 7.63. The smallest absolute Gasteiger partial charge is 0.410 e. The number of fused-ring (bicyclic) bond motifs is 3. The lowest BCUT2D eigenvalue weighted by Crippen LogP contribution is -2.39. The van der Waals surface area contributed by atoms with Crippen molar-refractivity contribution in [1.82, 2.24) is 9.88 Å². The summed E-state index contributed by atoms with van der Waals surface area (Å²) in [5.74, 6) is 0.669. The van der Waals surface area contributed by atoms with Crippen LogP contribution in [0.1, 0.15) is 38.4 Å². The molecule has 3 aromatic rings. The van der Waals surface area contributed by atoms with Crippen LogP contribution in [0, 0.1) is 18.7 Å². The van der Waals surface area contributed by atoms with Crippen LogP contribution in [-0.4, -0.2) is 59.9 Å². The lowest BCUT2D eigenvalue weighted by atomic mass is 10.0. The summed E-state index contributed by atoms with van der Waals surface area (Å²) in [6.45, 7) is 10.1. The summed E-state index contributed by atoms with van der Waals surface area (Å²) >= 11 is 1.51. The largest absolute Gasteiger partial charge is 0.491 e. The van der Waals surface area contributed by atoms with Gasteiger partial charge in [-0.15, -0.1) is 0 Å². The lowest BCUT2D eigenvalue weighted by molar-refractivity contribution is 0.0284. The summed E-state index contributed by atoms with van der Waals surface area (Å²) in [5, 5.41) is 5.23. The molecule has 3 aliphatic heterocycles. The van der Waals surface area contributed by atoms with Crippen LogP contribution in [0.3, 0.4) is 0 Å². The quantitative estimate of drug-likeness (QED) is 0.473. The average molecular weight is 540 g/mol. The first-order chi connectivity index (χ1) is 18.1. The van der Waals surface area contributed by atoms with E-state index in [0.717, 1.165) is 39.6 Å². The highest BCUT2D eigenvalue weighted by molar-refractivity contribution is 7.23. The Hall–Kier alpha value is -3.27. The minimum absolute atomic E-state index is 0.104. The highest BCUT2D eigenvalue weighted by Gasteiger charge is 2.44. The zero-order valence-corrected chi connectivity index (χ0v) is 23.0. The molecular weight excluding hydrogens is 505 g/mol. The van der Waals surface area contributed by atoms with E-state index in [-0.39, 0.29) is 24.0 Å². The van der Waals surface area contributed by atoms with Crippen molar-refractivity contribution in [3.8, 4) is 5.75 Å². The number of nitrogens with one attached hydrogen (secondary N) is 1. The zero-order valence-electron chi connectivity index (χ0n) is 22.2. The number of thiophene rings is 1. The maximum Gasteiger partial charge on any atom is 0.410 e. The second-order valence-corrected chi connectivity index (χ2v) is 12.6. The van der Waals surface area contributed by atoms with Gasteiger partial charge >= 0.3 is 6.09 Å². The molecule has 2 aromatic heterocycles. The molecule has 0 bridgehead atoms. The van der Waals surface area contributed by atoms with Crippen molar-refractivity contribution >= 4 is 44.0 Å². The predicted octanol–water partition coefficient (Wildman–Crippen LogP) is 5.19. The van der Waals surface area contributed by atoms with Gasteiger partial charge in [-0.2, -0.15) is 0 Å². The van der Waals surface area contributed by atoms with Gasteiger partial charge in [0.25, 0.3) is 0 Å². The Morgan fingerprint density at radius 3 is 2.89 bits per heavy atom. The standard InChI is InChI=1S/C28H34FN5O3S/c1-15-5-6-19-24(30)26(38-25(19)31-15)32-17-9-20-21(29)10-18(11-23(20)36-14-17)34-8-7-16-12-33(13-22(16)34)27(35)37-28(2,3)4/h5-6,10-11,16-17,22,32H,7-9,12-14,30H2,1-4H3/t16-,17+,22+/m0/s1. The first-order valence-electron chi connectivity index (χ1n) is 13.2. The third kappa shape index (κ3) is 4.59. The molecule has 5 heterocycles. The van der Waals surface area contributed by atoms with Gasteiger partial charge in [0, 0.05) is 60.4 Å². The molecule has 202 valence electrons. The molecule has 3 atom stereocenters. The molecule has 10 heteroatoms. The fraction of sp³-hybridized carbons (Fsp3) is 0.500. The molecule has 6 rings (SSSR count). The fourth-order valence-electron chi connectivity index (χ4n) is 5.82. The molecular formula is C28H34FN5O3S. The molecule has 1 amide bonds. The molecule has 0 aliphatic carbocycles. The molecule has 2 fully saturated rings. The van der Waals surface area contributed by atoms with Gasteiger partial charge in [-0.05, 0) is 52.3 Å². The molecule has 8 nitrogen and oxygen atoms in total. The number of aromatic nitrogens is 1. The van der Waals surface area contributed by atoms with Gasteiger partial charge in [0.2, 0.25) is 0 Å². The Morgan fingerprint density at radius 2 is 2.11 bits per heavy atom. The van der Waals surface area contributed by atoms with Gasteiger partial charge in [0.15, 0.2) is 0 Å². The summed E-state index contributed by atoms with van der Waals surface area (Å²) in [4.78, 5) is 22.1. The van der Waals surface area contributed by atoms with Crippen molar-refractivity contribution in [2.75, 3.05) is 42.2 Å². The Morgan fingerprint density at radius 1 is 1.29 bits per heavy atom. The van der Waals surface area contributed by atoms with Gasteiger partial charge in [-0.3, -0.25) is 0 Å². The molecule has 0 spiro atoms. The fourth-order valence-corrected chi connectivity index (χ4v) is 6.94. The van der Waals surface area contributed by atoms with E-state index in [0.29, 0.717) is 49.0 Å². The number of aryl methyl sites for hydroxylation is 1. The van der Waals surface area contributed by atoms with E-state index >= 15 is 4.39 Å². The number of nitrogen functional groups attached to an aromatic ring is 1. The molecule has 0 unspecified atom stereocenters. The molecule has 0 radical (unpaired) electrons. The number of likely N-dealkylation sites (tertiary alicyclic amines) is 1. The van der Waals surface area contributed by atoms with E-state index in [1.54, 1.807) is 11.0 Å². The van der Waals surface area contributed by atoms with Crippen LogP contribution in [0.15, 0.2) is 24.3 Å². The predicted molar refractivity (Wildman–Crippen MR) is 149 cm³/mol. The Labute approximate surface area is 225 Å². The average Bonchev–Trinajstić information content (AvgIpc) is 3.51. The van der Waals surface area contributed by atoms with Crippen molar-refractivity contribution in [2.45, 2.75) is 58.2 Å². The van der Waals surface area contributed by atoms with Crippen LogP contribution in [0.2, 0.25) is 0 Å². The number of hydrogen-bond donors (Lipinski definition) is 2. The Balaban J connectivity index is 1.16. The number of anilines is 3. The summed E-state index contributed by atoms with van der Waals surface area (Å²) in [7, 11) is 0. The first-order valence-corrected chi connectivity index (χ1v) is 14.0. The highest BCUT2D eigenvalue weighted by atomic mass is 32.1. The molecule has 2 saturated heterocycles. The Bertz CT molecular complexity index is 1400. The van der Waals surface area contributed by atoms with Crippen molar-refractivity contribution in [2.24, 2.45) is 5.92 Å². The monoisotopic (exact) mass is 539 g/mol. The van der Waals surface area contributed by atoms with E-state index in [2.05, 4.69) is 15.2 Å². The minimum Gasteiger partial charge on any atom is -0.491 e. The SMILES string of the molecule is Cc1ccc2c(N)c(N[C@H]3COc4cc(N5CC[C@H]6CN(C(=O)OC(C)(C)C)C[C@H]65)cc(F)c4C3)sc2n1. The van der Waals surface area contributed by atoms with Crippen molar-refractivity contribution < 1.29 is 18.7 Å². The summed E-state index contributed by atoms with van der Waals surface area (Å²) < 4.78 is 27.1. The second kappa shape index (κ2) is 9.18. The number of hydrogen-bond acceptors (Lipinski definition) is 8. The van der Waals surface area contributed by atoms with Crippen LogP contribution < -0.4 is 20.7 Å².